The molecule has 23 heavy (non-hydrogen) atoms. The van der Waals surface area contributed by atoms with Crippen LogP contribution < -0.4 is 0 Å². The van der Waals surface area contributed by atoms with Gasteiger partial charge in [0.25, 0.3) is 0 Å². The van der Waals surface area contributed by atoms with E-state index >= 15 is 0 Å². The van der Waals surface area contributed by atoms with Crippen LogP contribution in [0, 0.1) is 5.92 Å². The van der Waals surface area contributed by atoms with Crippen molar-refractivity contribution in [2.45, 2.75) is 72.1 Å². The van der Waals surface area contributed by atoms with Gasteiger partial charge >= 0.3 is 11.9 Å². The maximum atomic E-state index is 11.8. The van der Waals surface area contributed by atoms with Gasteiger partial charge in [-0.25, -0.2) is 0 Å². The second-order valence-electron chi connectivity index (χ2n) is 5.70. The number of carbonyl (C=O) groups is 2. The van der Waals surface area contributed by atoms with E-state index in [0.717, 1.165) is 44.9 Å². The molecule has 5 heteroatoms. The van der Waals surface area contributed by atoms with Crippen molar-refractivity contribution in [3.8, 4) is 0 Å². The molecule has 0 aromatic rings. The Morgan fingerprint density at radius 3 is 2.09 bits per heavy atom. The third-order valence-electron chi connectivity index (χ3n) is 3.68. The molecule has 1 unspecified atom stereocenters. The van der Waals surface area contributed by atoms with Gasteiger partial charge in [0.15, 0.2) is 0 Å². The highest BCUT2D eigenvalue weighted by molar-refractivity contribution is 5.72. The number of carbonyl (C=O) groups excluding carboxylic acids is 2. The van der Waals surface area contributed by atoms with E-state index in [2.05, 4.69) is 13.8 Å². The Morgan fingerprint density at radius 2 is 1.48 bits per heavy atom. The Kier molecular flexibility index (Phi) is 15.0. The van der Waals surface area contributed by atoms with Crippen molar-refractivity contribution < 1.29 is 23.8 Å². The van der Waals surface area contributed by atoms with E-state index < -0.39 is 0 Å². The van der Waals surface area contributed by atoms with Gasteiger partial charge in [0, 0.05) is 6.42 Å². The molecule has 0 rings (SSSR count). The molecule has 0 saturated carbocycles. The highest BCUT2D eigenvalue weighted by atomic mass is 16.6. The predicted octanol–water partition coefficient (Wildman–Crippen LogP) is 3.89. The van der Waals surface area contributed by atoms with E-state index in [9.17, 15) is 9.59 Å². The normalized spacial score (nSPS) is 12.0. The van der Waals surface area contributed by atoms with Gasteiger partial charge in [-0.2, -0.15) is 0 Å². The van der Waals surface area contributed by atoms with Crippen LogP contribution in [-0.2, 0) is 23.8 Å². The van der Waals surface area contributed by atoms with Crippen LogP contribution in [0.25, 0.3) is 0 Å². The van der Waals surface area contributed by atoms with Crippen LogP contribution in [0.3, 0.4) is 0 Å². The summed E-state index contributed by atoms with van der Waals surface area (Å²) in [4.78, 5) is 23.2. The highest BCUT2D eigenvalue weighted by Gasteiger charge is 2.16. The minimum absolute atomic E-state index is 0.000902. The number of ether oxygens (including phenoxy) is 3. The first kappa shape index (κ1) is 21.9. The van der Waals surface area contributed by atoms with E-state index in [-0.39, 0.29) is 31.1 Å². The predicted molar refractivity (Wildman–Crippen MR) is 90.2 cm³/mol. The van der Waals surface area contributed by atoms with Crippen molar-refractivity contribution >= 4 is 11.9 Å². The fourth-order valence-electron chi connectivity index (χ4n) is 2.17. The first-order valence-electron chi connectivity index (χ1n) is 9.05. The molecule has 1 atom stereocenters. The van der Waals surface area contributed by atoms with Crippen LogP contribution in [0.1, 0.15) is 72.1 Å². The molecule has 0 aromatic carbocycles. The molecule has 0 heterocycles. The van der Waals surface area contributed by atoms with Crippen molar-refractivity contribution in [3.63, 3.8) is 0 Å². The van der Waals surface area contributed by atoms with E-state index in [1.54, 1.807) is 0 Å². The third-order valence-corrected chi connectivity index (χ3v) is 3.68. The third kappa shape index (κ3) is 13.1. The molecular weight excluding hydrogens is 296 g/mol. The summed E-state index contributed by atoms with van der Waals surface area (Å²) >= 11 is 0. The van der Waals surface area contributed by atoms with E-state index in [0.29, 0.717) is 19.6 Å². The Labute approximate surface area is 141 Å². The minimum atomic E-state index is -0.171. The highest BCUT2D eigenvalue weighted by Crippen LogP contribution is 2.14. The number of hydrogen-bond donors (Lipinski definition) is 0. The standard InChI is InChI=1S/C18H34O5/c1-4-7-9-11-17(19)22-14-12-21-13-15-23-18(20)16(6-3)10-8-5-2/h16H,4-15H2,1-3H3. The van der Waals surface area contributed by atoms with Crippen molar-refractivity contribution in [2.75, 3.05) is 26.4 Å². The minimum Gasteiger partial charge on any atom is -0.463 e. The fraction of sp³-hybridized carbons (Fsp3) is 0.889. The van der Waals surface area contributed by atoms with Crippen LogP contribution >= 0.6 is 0 Å². The molecule has 0 radical (unpaired) electrons. The number of hydrogen-bond acceptors (Lipinski definition) is 5. The zero-order chi connectivity index (χ0) is 17.3. The van der Waals surface area contributed by atoms with Gasteiger partial charge in [-0.1, -0.05) is 46.5 Å². The first-order chi connectivity index (χ1) is 11.2. The van der Waals surface area contributed by atoms with Crippen molar-refractivity contribution in [3.05, 3.63) is 0 Å². The maximum Gasteiger partial charge on any atom is 0.308 e. The molecule has 0 aliphatic carbocycles. The van der Waals surface area contributed by atoms with Crippen LogP contribution in [0.5, 0.6) is 0 Å². The molecule has 0 amide bonds. The topological polar surface area (TPSA) is 61.8 Å². The Hall–Kier alpha value is -1.10. The van der Waals surface area contributed by atoms with Gasteiger partial charge in [0.05, 0.1) is 19.1 Å². The molecule has 0 aliphatic rings. The second kappa shape index (κ2) is 15.8. The van der Waals surface area contributed by atoms with E-state index in [1.807, 2.05) is 6.92 Å². The summed E-state index contributed by atoms with van der Waals surface area (Å²) in [6.45, 7) is 7.40. The van der Waals surface area contributed by atoms with Crippen LogP contribution in [0.2, 0.25) is 0 Å². The van der Waals surface area contributed by atoms with Gasteiger partial charge in [-0.05, 0) is 19.3 Å². The van der Waals surface area contributed by atoms with Crippen LogP contribution in [0.4, 0.5) is 0 Å². The van der Waals surface area contributed by atoms with Gasteiger partial charge in [0.1, 0.15) is 13.2 Å². The summed E-state index contributed by atoms with van der Waals surface area (Å²) in [7, 11) is 0. The zero-order valence-corrected chi connectivity index (χ0v) is 15.1. The Morgan fingerprint density at radius 1 is 0.826 bits per heavy atom. The molecule has 0 fully saturated rings. The van der Waals surface area contributed by atoms with Crippen molar-refractivity contribution in [1.29, 1.82) is 0 Å². The average molecular weight is 330 g/mol. The van der Waals surface area contributed by atoms with Crippen LogP contribution in [-0.4, -0.2) is 38.4 Å². The van der Waals surface area contributed by atoms with Gasteiger partial charge in [0.2, 0.25) is 0 Å². The molecule has 0 saturated heterocycles. The summed E-state index contributed by atoms with van der Waals surface area (Å²) in [5, 5.41) is 0. The number of esters is 2. The second-order valence-corrected chi connectivity index (χ2v) is 5.70. The summed E-state index contributed by atoms with van der Waals surface area (Å²) in [6, 6.07) is 0. The molecule has 0 N–H and O–H groups in total. The molecule has 0 bridgehead atoms. The SMILES string of the molecule is CCCCCC(=O)OCCOCCOC(=O)C(CC)CCCC. The quantitative estimate of drug-likeness (QED) is 0.337. The molecule has 0 aromatic heterocycles. The lowest BCUT2D eigenvalue weighted by Gasteiger charge is -2.13. The van der Waals surface area contributed by atoms with E-state index in [4.69, 9.17) is 14.2 Å². The molecule has 0 spiro atoms. The summed E-state index contributed by atoms with van der Waals surface area (Å²) in [5.41, 5.74) is 0. The summed E-state index contributed by atoms with van der Waals surface area (Å²) in [6.07, 6.45) is 7.33. The van der Waals surface area contributed by atoms with Crippen molar-refractivity contribution in [1.82, 2.24) is 0 Å². The Bertz CT molecular complexity index is 304. The zero-order valence-electron chi connectivity index (χ0n) is 15.1. The first-order valence-corrected chi connectivity index (χ1v) is 9.05. The van der Waals surface area contributed by atoms with Crippen LogP contribution in [0.15, 0.2) is 0 Å². The number of rotatable bonds is 15. The van der Waals surface area contributed by atoms with Crippen molar-refractivity contribution in [2.24, 2.45) is 5.92 Å². The summed E-state index contributed by atoms with van der Waals surface area (Å²) in [5.74, 6) is -0.305. The smallest absolute Gasteiger partial charge is 0.308 e. The molecule has 5 nitrogen and oxygen atoms in total. The molecular formula is C18H34O5. The monoisotopic (exact) mass is 330 g/mol. The number of unbranched alkanes of at least 4 members (excludes halogenated alkanes) is 3. The van der Waals surface area contributed by atoms with Gasteiger partial charge < -0.3 is 14.2 Å². The Balaban J connectivity index is 3.50. The molecule has 136 valence electrons. The lowest BCUT2D eigenvalue weighted by Crippen LogP contribution is -2.20. The average Bonchev–Trinajstić information content (AvgIpc) is 2.55. The van der Waals surface area contributed by atoms with Gasteiger partial charge in [-0.15, -0.1) is 0 Å². The van der Waals surface area contributed by atoms with E-state index in [1.165, 1.54) is 0 Å². The largest absolute Gasteiger partial charge is 0.463 e. The summed E-state index contributed by atoms with van der Waals surface area (Å²) < 4.78 is 15.6. The maximum absolute atomic E-state index is 11.8. The lowest BCUT2D eigenvalue weighted by atomic mass is 10.00. The fourth-order valence-corrected chi connectivity index (χ4v) is 2.17. The van der Waals surface area contributed by atoms with Gasteiger partial charge in [-0.3, -0.25) is 9.59 Å². The lowest BCUT2D eigenvalue weighted by molar-refractivity contribution is -0.150. The molecule has 0 aliphatic heterocycles.